The van der Waals surface area contributed by atoms with E-state index in [-0.39, 0.29) is 5.91 Å². The average Bonchev–Trinajstić information content (AvgIpc) is 2.47. The number of halogens is 1. The van der Waals surface area contributed by atoms with Crippen LogP contribution in [0.4, 0.5) is 0 Å². The van der Waals surface area contributed by atoms with Crippen molar-refractivity contribution in [2.75, 3.05) is 6.54 Å². The fraction of sp³-hybridized carbons (Fsp3) is 0.556. The smallest absolute Gasteiger partial charge is 0.270 e. The van der Waals surface area contributed by atoms with Gasteiger partial charge in [0, 0.05) is 11.0 Å². The summed E-state index contributed by atoms with van der Waals surface area (Å²) in [6, 6.07) is 0. The monoisotopic (exact) mass is 262 g/mol. The molecule has 0 fully saturated rings. The molecule has 0 radical (unpaired) electrons. The van der Waals surface area contributed by atoms with Crippen molar-refractivity contribution < 1.29 is 4.79 Å². The number of carbonyl (C=O) groups is 1. The van der Waals surface area contributed by atoms with Gasteiger partial charge < -0.3 is 5.32 Å². The summed E-state index contributed by atoms with van der Waals surface area (Å²) in [6.07, 6.45) is 0. The zero-order valence-corrected chi connectivity index (χ0v) is 11.9. The molecule has 1 amide bonds. The molecule has 0 aromatic carbocycles. The Labute approximate surface area is 99.9 Å². The SMILES string of the molecule is CCNC(=O)c1nc(Cl)sc1[Si](C)(C)C. The van der Waals surface area contributed by atoms with E-state index < -0.39 is 8.07 Å². The van der Waals surface area contributed by atoms with Crippen LogP contribution in [0.3, 0.4) is 0 Å². The lowest BCUT2D eigenvalue weighted by Crippen LogP contribution is -2.41. The number of hydrogen-bond donors (Lipinski definition) is 1. The molecule has 0 saturated heterocycles. The number of hydrogen-bond acceptors (Lipinski definition) is 3. The van der Waals surface area contributed by atoms with Gasteiger partial charge in [0.25, 0.3) is 5.91 Å². The minimum atomic E-state index is -1.54. The molecule has 3 nitrogen and oxygen atoms in total. The molecule has 1 aromatic rings. The highest BCUT2D eigenvalue weighted by atomic mass is 35.5. The van der Waals surface area contributed by atoms with Crippen molar-refractivity contribution in [2.45, 2.75) is 26.6 Å². The Balaban J connectivity index is 3.12. The van der Waals surface area contributed by atoms with Gasteiger partial charge in [-0.1, -0.05) is 31.2 Å². The minimum absolute atomic E-state index is 0.113. The van der Waals surface area contributed by atoms with E-state index in [4.69, 9.17) is 11.6 Å². The molecule has 0 aliphatic heterocycles. The van der Waals surface area contributed by atoms with Gasteiger partial charge in [-0.25, -0.2) is 4.98 Å². The first kappa shape index (κ1) is 12.7. The van der Waals surface area contributed by atoms with Gasteiger partial charge in [0.15, 0.2) is 4.47 Å². The Morgan fingerprint density at radius 3 is 2.60 bits per heavy atom. The fourth-order valence-corrected chi connectivity index (χ4v) is 4.65. The zero-order valence-electron chi connectivity index (χ0n) is 9.35. The van der Waals surface area contributed by atoms with Crippen LogP contribution in [0.25, 0.3) is 0 Å². The van der Waals surface area contributed by atoms with E-state index >= 15 is 0 Å². The van der Waals surface area contributed by atoms with Gasteiger partial charge >= 0.3 is 0 Å². The Bertz CT molecular complexity index is 373. The van der Waals surface area contributed by atoms with E-state index in [0.717, 1.165) is 4.50 Å². The van der Waals surface area contributed by atoms with Gasteiger partial charge in [0.05, 0.1) is 8.07 Å². The van der Waals surface area contributed by atoms with Crippen molar-refractivity contribution in [2.24, 2.45) is 0 Å². The van der Waals surface area contributed by atoms with E-state index in [9.17, 15) is 4.79 Å². The highest BCUT2D eigenvalue weighted by Crippen LogP contribution is 2.18. The molecule has 0 bridgehead atoms. The lowest BCUT2D eigenvalue weighted by molar-refractivity contribution is 0.0952. The number of thiazole rings is 1. The van der Waals surface area contributed by atoms with Crippen molar-refractivity contribution in [3.8, 4) is 0 Å². The summed E-state index contributed by atoms with van der Waals surface area (Å²) in [7, 11) is -1.54. The number of carbonyl (C=O) groups excluding carboxylic acids is 1. The first-order valence-corrected chi connectivity index (χ1v) is 9.50. The Hall–Kier alpha value is -0.393. The van der Waals surface area contributed by atoms with Crippen LogP contribution in [0.5, 0.6) is 0 Å². The van der Waals surface area contributed by atoms with Gasteiger partial charge in [-0.3, -0.25) is 4.79 Å². The maximum Gasteiger partial charge on any atom is 0.270 e. The van der Waals surface area contributed by atoms with Crippen molar-refractivity contribution in [3.63, 3.8) is 0 Å². The maximum atomic E-state index is 11.7. The van der Waals surface area contributed by atoms with Gasteiger partial charge in [0.1, 0.15) is 5.69 Å². The Morgan fingerprint density at radius 2 is 2.13 bits per heavy atom. The minimum Gasteiger partial charge on any atom is -0.351 e. The quantitative estimate of drug-likeness (QED) is 0.848. The molecule has 1 N–H and O–H groups in total. The van der Waals surface area contributed by atoms with E-state index in [2.05, 4.69) is 29.9 Å². The second kappa shape index (κ2) is 4.63. The van der Waals surface area contributed by atoms with Crippen molar-refractivity contribution in [3.05, 3.63) is 10.2 Å². The molecule has 0 aliphatic rings. The summed E-state index contributed by atoms with van der Waals surface area (Å²) in [5.74, 6) is -0.113. The predicted octanol–water partition coefficient (Wildman–Crippen LogP) is 2.09. The van der Waals surface area contributed by atoms with Gasteiger partial charge in [0.2, 0.25) is 0 Å². The third kappa shape index (κ3) is 3.03. The molecule has 84 valence electrons. The molecular weight excluding hydrogens is 248 g/mol. The van der Waals surface area contributed by atoms with Crippen LogP contribution < -0.4 is 9.82 Å². The lowest BCUT2D eigenvalue weighted by Gasteiger charge is -2.14. The van der Waals surface area contributed by atoms with Crippen molar-refractivity contribution in [1.82, 2.24) is 10.3 Å². The third-order valence-corrected chi connectivity index (χ3v) is 6.55. The Kier molecular flexibility index (Phi) is 3.91. The number of nitrogens with zero attached hydrogens (tertiary/aromatic N) is 1. The van der Waals surface area contributed by atoms with Crippen molar-refractivity contribution >= 4 is 41.4 Å². The van der Waals surface area contributed by atoms with Gasteiger partial charge in [-0.15, -0.1) is 11.3 Å². The highest BCUT2D eigenvalue weighted by molar-refractivity contribution is 7.29. The second-order valence-corrected chi connectivity index (χ2v) is 11.2. The van der Waals surface area contributed by atoms with Crippen LogP contribution in [-0.4, -0.2) is 25.5 Å². The normalized spacial score (nSPS) is 11.5. The molecule has 0 atom stereocenters. The molecule has 0 aliphatic carbocycles. The molecule has 1 rings (SSSR count). The summed E-state index contributed by atoms with van der Waals surface area (Å²) >= 11 is 7.30. The van der Waals surface area contributed by atoms with E-state index in [1.54, 1.807) is 0 Å². The zero-order chi connectivity index (χ0) is 11.6. The van der Waals surface area contributed by atoms with Gasteiger partial charge in [-0.2, -0.15) is 0 Å². The molecule has 1 aromatic heterocycles. The van der Waals surface area contributed by atoms with Crippen LogP contribution in [0, 0.1) is 0 Å². The summed E-state index contributed by atoms with van der Waals surface area (Å²) in [6.45, 7) is 9.04. The van der Waals surface area contributed by atoms with Crippen LogP contribution in [0.1, 0.15) is 17.4 Å². The first-order chi connectivity index (χ1) is 6.86. The molecule has 0 unspecified atom stereocenters. The predicted molar refractivity (Wildman–Crippen MR) is 68.1 cm³/mol. The first-order valence-electron chi connectivity index (χ1n) is 4.81. The van der Waals surface area contributed by atoms with E-state index in [1.165, 1.54) is 11.3 Å². The summed E-state index contributed by atoms with van der Waals surface area (Å²) < 4.78 is 1.52. The molecular formula is C9H15ClN2OSSi. The second-order valence-electron chi connectivity index (χ2n) is 4.25. The largest absolute Gasteiger partial charge is 0.351 e. The van der Waals surface area contributed by atoms with Gasteiger partial charge in [-0.05, 0) is 6.92 Å². The van der Waals surface area contributed by atoms with E-state index in [1.807, 2.05) is 6.92 Å². The standard InChI is InChI=1S/C9H15ClN2OSSi/c1-5-11-7(13)6-8(15(2,3)4)14-9(10)12-6/h5H2,1-4H3,(H,11,13). The van der Waals surface area contributed by atoms with E-state index in [0.29, 0.717) is 16.7 Å². The number of amides is 1. The summed E-state index contributed by atoms with van der Waals surface area (Å²) in [5, 5.41) is 2.76. The number of aromatic nitrogens is 1. The number of rotatable bonds is 3. The summed E-state index contributed by atoms with van der Waals surface area (Å²) in [5.41, 5.74) is 0.519. The third-order valence-electron chi connectivity index (χ3n) is 1.83. The fourth-order valence-electron chi connectivity index (χ4n) is 1.20. The molecule has 1 heterocycles. The lowest BCUT2D eigenvalue weighted by atomic mass is 10.4. The van der Waals surface area contributed by atoms with Crippen LogP contribution >= 0.6 is 22.9 Å². The van der Waals surface area contributed by atoms with Crippen molar-refractivity contribution in [1.29, 1.82) is 0 Å². The van der Waals surface area contributed by atoms with Crippen LogP contribution in [-0.2, 0) is 0 Å². The number of nitrogens with one attached hydrogen (secondary N) is 1. The molecule has 15 heavy (non-hydrogen) atoms. The average molecular weight is 263 g/mol. The molecule has 0 saturated carbocycles. The highest BCUT2D eigenvalue weighted by Gasteiger charge is 2.27. The molecule has 0 spiro atoms. The van der Waals surface area contributed by atoms with Crippen LogP contribution in [0.2, 0.25) is 24.1 Å². The topological polar surface area (TPSA) is 42.0 Å². The molecule has 6 heteroatoms. The van der Waals surface area contributed by atoms with Crippen LogP contribution in [0.15, 0.2) is 0 Å². The summed E-state index contributed by atoms with van der Waals surface area (Å²) in [4.78, 5) is 15.8. The maximum absolute atomic E-state index is 11.7. The Morgan fingerprint density at radius 1 is 1.53 bits per heavy atom.